The number of nitrogens with two attached hydrogens (primary N) is 1. The van der Waals surface area contributed by atoms with Gasteiger partial charge in [-0.25, -0.2) is 0 Å². The second kappa shape index (κ2) is 7.55. The van der Waals surface area contributed by atoms with Gasteiger partial charge >= 0.3 is 0 Å². The number of hydrogen-bond acceptors (Lipinski definition) is 5. The van der Waals surface area contributed by atoms with Crippen LogP contribution in [-0.4, -0.2) is 75.1 Å². The Hall–Kier alpha value is -0.200. The summed E-state index contributed by atoms with van der Waals surface area (Å²) in [5, 5.41) is 0. The van der Waals surface area contributed by atoms with Crippen LogP contribution in [0.25, 0.3) is 0 Å². The Morgan fingerprint density at radius 3 is 2.58 bits per heavy atom. The number of hydrogen-bond donors (Lipinski definition) is 1. The van der Waals surface area contributed by atoms with E-state index in [-0.39, 0.29) is 6.29 Å². The fraction of sp³-hybridized carbons (Fsp3) is 1.00. The van der Waals surface area contributed by atoms with E-state index in [4.69, 9.17) is 15.2 Å². The highest BCUT2D eigenvalue weighted by atomic mass is 16.7. The van der Waals surface area contributed by atoms with Crippen molar-refractivity contribution in [2.45, 2.75) is 44.1 Å². The fourth-order valence-electron chi connectivity index (χ4n) is 3.47. The average Bonchev–Trinajstić information content (AvgIpc) is 2.78. The minimum Gasteiger partial charge on any atom is -0.356 e. The highest BCUT2D eigenvalue weighted by Crippen LogP contribution is 2.23. The quantitative estimate of drug-likeness (QED) is 0.713. The van der Waals surface area contributed by atoms with E-state index in [1.54, 1.807) is 14.2 Å². The number of rotatable bonds is 6. The summed E-state index contributed by atoms with van der Waals surface area (Å²) in [5.74, 6) is 0. The maximum atomic E-state index is 5.98. The molecular formula is C14H29N3O2. The topological polar surface area (TPSA) is 51.0 Å². The van der Waals surface area contributed by atoms with E-state index in [2.05, 4.69) is 9.80 Å². The number of ether oxygens (including phenoxy) is 2. The van der Waals surface area contributed by atoms with Crippen LogP contribution in [0.5, 0.6) is 0 Å². The highest BCUT2D eigenvalue weighted by molar-refractivity contribution is 4.87. The van der Waals surface area contributed by atoms with Crippen LogP contribution < -0.4 is 5.73 Å². The molecule has 2 heterocycles. The summed E-state index contributed by atoms with van der Waals surface area (Å²) < 4.78 is 10.7. The second-order valence-corrected chi connectivity index (χ2v) is 5.71. The Morgan fingerprint density at radius 1 is 1.16 bits per heavy atom. The summed E-state index contributed by atoms with van der Waals surface area (Å²) in [6, 6.07) is 1.10. The standard InChI is InChI=1S/C14H29N3O2/c1-18-14(19-2)9-13(10-15)17-8-4-7-16-6-3-5-12(16)11-17/h12-14H,3-11,15H2,1-2H3. The molecule has 2 N–H and O–H groups in total. The predicted molar refractivity (Wildman–Crippen MR) is 76.1 cm³/mol. The lowest BCUT2D eigenvalue weighted by Crippen LogP contribution is -2.47. The third-order valence-corrected chi connectivity index (χ3v) is 4.61. The Bertz CT molecular complexity index is 261. The molecule has 0 aromatic rings. The molecule has 2 unspecified atom stereocenters. The summed E-state index contributed by atoms with van der Waals surface area (Å²) in [4.78, 5) is 5.21. The molecule has 112 valence electrons. The number of fused-ring (bicyclic) bond motifs is 1. The van der Waals surface area contributed by atoms with Crippen LogP contribution in [0.4, 0.5) is 0 Å². The van der Waals surface area contributed by atoms with Crippen molar-refractivity contribution in [3.05, 3.63) is 0 Å². The van der Waals surface area contributed by atoms with E-state index < -0.39 is 0 Å². The molecule has 2 atom stereocenters. The zero-order valence-electron chi connectivity index (χ0n) is 12.4. The van der Waals surface area contributed by atoms with Crippen LogP contribution in [0, 0.1) is 0 Å². The maximum Gasteiger partial charge on any atom is 0.158 e. The smallest absolute Gasteiger partial charge is 0.158 e. The molecule has 0 aromatic heterocycles. The molecule has 0 bridgehead atoms. The normalized spacial score (nSPS) is 27.5. The van der Waals surface area contributed by atoms with Gasteiger partial charge in [0, 0.05) is 45.8 Å². The molecule has 2 saturated heterocycles. The molecule has 0 aromatic carbocycles. The third kappa shape index (κ3) is 3.89. The van der Waals surface area contributed by atoms with Gasteiger partial charge in [0.15, 0.2) is 6.29 Å². The van der Waals surface area contributed by atoms with E-state index in [0.717, 1.165) is 25.6 Å². The number of methoxy groups -OCH3 is 2. The molecule has 0 radical (unpaired) electrons. The van der Waals surface area contributed by atoms with Gasteiger partial charge in [-0.05, 0) is 38.9 Å². The van der Waals surface area contributed by atoms with Crippen molar-refractivity contribution in [3.63, 3.8) is 0 Å². The van der Waals surface area contributed by atoms with E-state index in [9.17, 15) is 0 Å². The molecule has 0 spiro atoms. The van der Waals surface area contributed by atoms with Crippen LogP contribution in [-0.2, 0) is 9.47 Å². The van der Waals surface area contributed by atoms with Crippen molar-refractivity contribution in [3.8, 4) is 0 Å². The van der Waals surface area contributed by atoms with E-state index >= 15 is 0 Å². The van der Waals surface area contributed by atoms with Gasteiger partial charge < -0.3 is 15.2 Å². The molecular weight excluding hydrogens is 242 g/mol. The van der Waals surface area contributed by atoms with E-state index in [1.807, 2.05) is 0 Å². The first-order valence-electron chi connectivity index (χ1n) is 7.52. The molecule has 5 nitrogen and oxygen atoms in total. The van der Waals surface area contributed by atoms with Gasteiger partial charge in [0.05, 0.1) is 0 Å². The van der Waals surface area contributed by atoms with Gasteiger partial charge in [-0.15, -0.1) is 0 Å². The minimum atomic E-state index is -0.142. The Kier molecular flexibility index (Phi) is 6.04. The predicted octanol–water partition coefficient (Wildman–Crippen LogP) is 0.493. The van der Waals surface area contributed by atoms with Crippen molar-refractivity contribution in [2.24, 2.45) is 5.73 Å². The zero-order valence-corrected chi connectivity index (χ0v) is 12.4. The SMILES string of the molecule is COC(CC(CN)N1CCCN2CCCC2C1)OC. The maximum absolute atomic E-state index is 5.98. The molecule has 0 aliphatic carbocycles. The summed E-state index contributed by atoms with van der Waals surface area (Å²) in [7, 11) is 3.39. The van der Waals surface area contributed by atoms with Crippen molar-refractivity contribution < 1.29 is 9.47 Å². The van der Waals surface area contributed by atoms with Gasteiger partial charge in [0.25, 0.3) is 0 Å². The molecule has 19 heavy (non-hydrogen) atoms. The van der Waals surface area contributed by atoms with Gasteiger partial charge in [-0.1, -0.05) is 0 Å². The van der Waals surface area contributed by atoms with Crippen LogP contribution in [0.3, 0.4) is 0 Å². The minimum absolute atomic E-state index is 0.142. The Balaban J connectivity index is 1.93. The lowest BCUT2D eigenvalue weighted by Gasteiger charge is -2.33. The molecule has 0 saturated carbocycles. The third-order valence-electron chi connectivity index (χ3n) is 4.61. The van der Waals surface area contributed by atoms with E-state index in [1.165, 1.54) is 32.4 Å². The molecule has 5 heteroatoms. The first-order valence-corrected chi connectivity index (χ1v) is 7.52. The summed E-state index contributed by atoms with van der Waals surface area (Å²) >= 11 is 0. The first kappa shape index (κ1) is 15.2. The molecule has 2 rings (SSSR count). The van der Waals surface area contributed by atoms with Crippen molar-refractivity contribution in [1.29, 1.82) is 0 Å². The molecule has 0 amide bonds. The van der Waals surface area contributed by atoms with Crippen molar-refractivity contribution >= 4 is 0 Å². The van der Waals surface area contributed by atoms with Gasteiger partial charge in [-0.2, -0.15) is 0 Å². The van der Waals surface area contributed by atoms with Crippen LogP contribution in [0.2, 0.25) is 0 Å². The molecule has 2 fully saturated rings. The highest BCUT2D eigenvalue weighted by Gasteiger charge is 2.31. The van der Waals surface area contributed by atoms with Crippen LogP contribution in [0.1, 0.15) is 25.7 Å². The summed E-state index contributed by atoms with van der Waals surface area (Å²) in [6.07, 6.45) is 4.65. The lowest BCUT2D eigenvalue weighted by atomic mass is 10.1. The van der Waals surface area contributed by atoms with Crippen LogP contribution in [0.15, 0.2) is 0 Å². The zero-order chi connectivity index (χ0) is 13.7. The van der Waals surface area contributed by atoms with Gasteiger partial charge in [0.1, 0.15) is 0 Å². The summed E-state index contributed by atoms with van der Waals surface area (Å²) in [6.45, 7) is 5.51. The van der Waals surface area contributed by atoms with Crippen LogP contribution >= 0.6 is 0 Å². The van der Waals surface area contributed by atoms with Crippen molar-refractivity contribution in [2.75, 3.05) is 46.9 Å². The number of nitrogens with zero attached hydrogens (tertiary/aromatic N) is 2. The first-order chi connectivity index (χ1) is 9.28. The monoisotopic (exact) mass is 271 g/mol. The average molecular weight is 271 g/mol. The Labute approximate surface area is 117 Å². The molecule has 2 aliphatic heterocycles. The fourth-order valence-corrected chi connectivity index (χ4v) is 3.47. The van der Waals surface area contributed by atoms with Gasteiger partial charge in [-0.3, -0.25) is 9.80 Å². The second-order valence-electron chi connectivity index (χ2n) is 5.71. The lowest BCUT2D eigenvalue weighted by molar-refractivity contribution is -0.116. The largest absolute Gasteiger partial charge is 0.356 e. The van der Waals surface area contributed by atoms with Gasteiger partial charge in [0.2, 0.25) is 0 Å². The molecule has 2 aliphatic rings. The Morgan fingerprint density at radius 2 is 1.89 bits per heavy atom. The van der Waals surface area contributed by atoms with Crippen molar-refractivity contribution in [1.82, 2.24) is 9.80 Å². The van der Waals surface area contributed by atoms with E-state index in [0.29, 0.717) is 12.6 Å². The summed E-state index contributed by atoms with van der Waals surface area (Å²) in [5.41, 5.74) is 5.98.